The zero-order chi connectivity index (χ0) is 9.80. The van der Waals surface area contributed by atoms with Gasteiger partial charge in [-0.1, -0.05) is 0 Å². The van der Waals surface area contributed by atoms with Crippen molar-refractivity contribution in [1.29, 1.82) is 0 Å². The molecule has 1 aliphatic heterocycles. The second kappa shape index (κ2) is 4.21. The Kier molecular flexibility index (Phi) is 2.76. The van der Waals surface area contributed by atoms with E-state index in [4.69, 9.17) is 15.3 Å². The molecule has 1 aromatic heterocycles. The molecule has 1 atom stereocenters. The van der Waals surface area contributed by atoms with Crippen molar-refractivity contribution in [3.05, 3.63) is 12.4 Å². The van der Waals surface area contributed by atoms with E-state index in [0.29, 0.717) is 18.3 Å². The maximum Gasteiger partial charge on any atom is 0.234 e. The first-order valence-electron chi connectivity index (χ1n) is 4.41. The molecule has 0 radical (unpaired) electrons. The van der Waals surface area contributed by atoms with E-state index >= 15 is 0 Å². The summed E-state index contributed by atoms with van der Waals surface area (Å²) in [4.78, 5) is 8.01. The first-order valence-corrected chi connectivity index (χ1v) is 4.41. The Bertz CT molecular complexity index is 301. The topological polar surface area (TPSA) is 82.3 Å². The molecule has 1 aromatic rings. The molecule has 0 spiro atoms. The van der Waals surface area contributed by atoms with Crippen LogP contribution in [0.1, 0.15) is 6.42 Å². The molecular formula is C8H12N4O2. The Morgan fingerprint density at radius 1 is 1.57 bits per heavy atom. The highest BCUT2D eigenvalue weighted by Crippen LogP contribution is 2.14. The molecule has 0 aliphatic carbocycles. The van der Waals surface area contributed by atoms with E-state index in [1.54, 1.807) is 6.20 Å². The van der Waals surface area contributed by atoms with Crippen LogP contribution in [0.25, 0.3) is 0 Å². The lowest BCUT2D eigenvalue weighted by atomic mass is 10.3. The van der Waals surface area contributed by atoms with Gasteiger partial charge in [0.15, 0.2) is 5.82 Å². The number of nitrogens with one attached hydrogen (secondary N) is 1. The first-order chi connectivity index (χ1) is 6.88. The van der Waals surface area contributed by atoms with Crippen LogP contribution >= 0.6 is 0 Å². The van der Waals surface area contributed by atoms with Crippen molar-refractivity contribution in [1.82, 2.24) is 9.97 Å². The Balaban J connectivity index is 2.00. The summed E-state index contributed by atoms with van der Waals surface area (Å²) in [5, 5.41) is 0. The molecule has 0 bridgehead atoms. The lowest BCUT2D eigenvalue weighted by Crippen LogP contribution is -2.17. The molecular weight excluding hydrogens is 184 g/mol. The number of hydrogen-bond acceptors (Lipinski definition) is 6. The van der Waals surface area contributed by atoms with Gasteiger partial charge in [-0.05, 0) is 0 Å². The maximum atomic E-state index is 5.52. The van der Waals surface area contributed by atoms with Crippen LogP contribution in [0, 0.1) is 0 Å². The Morgan fingerprint density at radius 3 is 3.21 bits per heavy atom. The molecule has 0 amide bonds. The highest BCUT2D eigenvalue weighted by Gasteiger charge is 2.17. The van der Waals surface area contributed by atoms with Crippen LogP contribution < -0.4 is 16.0 Å². The van der Waals surface area contributed by atoms with E-state index in [0.717, 1.165) is 13.0 Å². The molecule has 3 N–H and O–H groups in total. The largest absolute Gasteiger partial charge is 0.471 e. The minimum atomic E-state index is 0.0809. The molecule has 2 rings (SSSR count). The van der Waals surface area contributed by atoms with E-state index < -0.39 is 0 Å². The van der Waals surface area contributed by atoms with Crippen molar-refractivity contribution in [3.8, 4) is 5.88 Å². The highest BCUT2D eigenvalue weighted by atomic mass is 16.5. The molecule has 2 heterocycles. The quantitative estimate of drug-likeness (QED) is 0.520. The zero-order valence-electron chi connectivity index (χ0n) is 7.64. The molecule has 1 aliphatic rings. The first kappa shape index (κ1) is 9.17. The van der Waals surface area contributed by atoms with Gasteiger partial charge in [0.25, 0.3) is 0 Å². The van der Waals surface area contributed by atoms with E-state index in [1.165, 1.54) is 6.20 Å². The molecule has 0 aromatic carbocycles. The second-order valence-corrected chi connectivity index (χ2v) is 2.99. The summed E-state index contributed by atoms with van der Waals surface area (Å²) >= 11 is 0. The third-order valence-corrected chi connectivity index (χ3v) is 1.94. The molecule has 0 saturated carbocycles. The van der Waals surface area contributed by atoms with Crippen molar-refractivity contribution in [2.24, 2.45) is 5.84 Å². The Morgan fingerprint density at radius 2 is 2.50 bits per heavy atom. The fraction of sp³-hybridized carbons (Fsp3) is 0.500. The van der Waals surface area contributed by atoms with Crippen molar-refractivity contribution in [3.63, 3.8) is 0 Å². The number of nitrogen functional groups attached to an aromatic ring is 1. The van der Waals surface area contributed by atoms with Gasteiger partial charge in [0, 0.05) is 6.42 Å². The van der Waals surface area contributed by atoms with Crippen LogP contribution in [0.2, 0.25) is 0 Å². The van der Waals surface area contributed by atoms with Crippen LogP contribution in [-0.4, -0.2) is 29.3 Å². The lowest BCUT2D eigenvalue weighted by molar-refractivity contribution is 0.138. The predicted octanol–water partition coefficient (Wildman–Crippen LogP) is -0.0701. The molecule has 6 heteroatoms. The van der Waals surface area contributed by atoms with Gasteiger partial charge in [0.05, 0.1) is 25.6 Å². The van der Waals surface area contributed by atoms with Gasteiger partial charge in [-0.2, -0.15) is 4.98 Å². The third kappa shape index (κ3) is 2.09. The summed E-state index contributed by atoms with van der Waals surface area (Å²) in [7, 11) is 0. The van der Waals surface area contributed by atoms with Crippen molar-refractivity contribution < 1.29 is 9.47 Å². The van der Waals surface area contributed by atoms with E-state index in [9.17, 15) is 0 Å². The van der Waals surface area contributed by atoms with Crippen molar-refractivity contribution in [2.45, 2.75) is 12.5 Å². The number of aromatic nitrogens is 2. The number of anilines is 1. The molecule has 6 nitrogen and oxygen atoms in total. The van der Waals surface area contributed by atoms with Gasteiger partial charge in [-0.3, -0.25) is 4.98 Å². The number of hydrogen-bond donors (Lipinski definition) is 2. The van der Waals surface area contributed by atoms with Crippen molar-refractivity contribution in [2.75, 3.05) is 18.6 Å². The monoisotopic (exact) mass is 196 g/mol. The lowest BCUT2D eigenvalue weighted by Gasteiger charge is -2.10. The summed E-state index contributed by atoms with van der Waals surface area (Å²) < 4.78 is 10.7. The maximum absolute atomic E-state index is 5.52. The third-order valence-electron chi connectivity index (χ3n) is 1.94. The van der Waals surface area contributed by atoms with Crippen LogP contribution in [0.5, 0.6) is 5.88 Å². The molecule has 1 unspecified atom stereocenters. The zero-order valence-corrected chi connectivity index (χ0v) is 7.64. The number of nitrogens with two attached hydrogens (primary N) is 1. The second-order valence-electron chi connectivity index (χ2n) is 2.99. The normalized spacial score (nSPS) is 20.8. The minimum absolute atomic E-state index is 0.0809. The van der Waals surface area contributed by atoms with Gasteiger partial charge in [0.2, 0.25) is 5.88 Å². The van der Waals surface area contributed by atoms with Gasteiger partial charge in [0.1, 0.15) is 6.10 Å². The summed E-state index contributed by atoms with van der Waals surface area (Å²) in [6.07, 6.45) is 4.05. The molecule has 1 saturated heterocycles. The van der Waals surface area contributed by atoms with Crippen LogP contribution in [0.15, 0.2) is 12.4 Å². The summed E-state index contributed by atoms with van der Waals surface area (Å²) in [6, 6.07) is 0. The number of hydrazine groups is 1. The average molecular weight is 196 g/mol. The fourth-order valence-electron chi connectivity index (χ4n) is 1.25. The van der Waals surface area contributed by atoms with Gasteiger partial charge in [-0.25, -0.2) is 5.84 Å². The smallest absolute Gasteiger partial charge is 0.234 e. The van der Waals surface area contributed by atoms with E-state index in [2.05, 4.69) is 15.4 Å². The average Bonchev–Trinajstić information content (AvgIpc) is 2.71. The Hall–Kier alpha value is -1.40. The number of ether oxygens (including phenoxy) is 2. The van der Waals surface area contributed by atoms with E-state index in [-0.39, 0.29) is 6.10 Å². The molecule has 76 valence electrons. The van der Waals surface area contributed by atoms with Crippen LogP contribution in [0.3, 0.4) is 0 Å². The molecule has 1 fully saturated rings. The number of rotatable bonds is 3. The standard InChI is InChI=1S/C8H12N4O2/c9-12-7-3-10-4-8(11-7)14-6-1-2-13-5-6/h3-4,6H,1-2,5,9H2,(H,11,12). The van der Waals surface area contributed by atoms with Crippen LogP contribution in [-0.2, 0) is 4.74 Å². The fourth-order valence-corrected chi connectivity index (χ4v) is 1.25. The highest BCUT2D eigenvalue weighted by molar-refractivity contribution is 5.31. The van der Waals surface area contributed by atoms with Gasteiger partial charge in [-0.15, -0.1) is 0 Å². The van der Waals surface area contributed by atoms with E-state index in [1.807, 2.05) is 0 Å². The van der Waals surface area contributed by atoms with Crippen LogP contribution in [0.4, 0.5) is 5.82 Å². The summed E-state index contributed by atoms with van der Waals surface area (Å²) in [5.74, 6) is 6.15. The Labute approximate surface area is 81.4 Å². The summed E-state index contributed by atoms with van der Waals surface area (Å²) in [6.45, 7) is 1.36. The SMILES string of the molecule is NNc1cncc(OC2CCOC2)n1. The summed E-state index contributed by atoms with van der Waals surface area (Å²) in [5.41, 5.74) is 2.41. The predicted molar refractivity (Wildman–Crippen MR) is 49.7 cm³/mol. The van der Waals surface area contributed by atoms with Gasteiger partial charge < -0.3 is 14.9 Å². The minimum Gasteiger partial charge on any atom is -0.471 e. The number of nitrogens with zero attached hydrogens (tertiary/aromatic N) is 2. The molecule has 14 heavy (non-hydrogen) atoms. The van der Waals surface area contributed by atoms with Crippen molar-refractivity contribution >= 4 is 5.82 Å². The van der Waals surface area contributed by atoms with Gasteiger partial charge >= 0.3 is 0 Å².